The number of esters is 1. The Morgan fingerprint density at radius 3 is 2.83 bits per heavy atom. The molecule has 0 amide bonds. The van der Waals surface area contributed by atoms with Gasteiger partial charge in [0.05, 0.1) is 18.2 Å². The van der Waals surface area contributed by atoms with E-state index >= 15 is 0 Å². The molecule has 1 spiro atoms. The summed E-state index contributed by atoms with van der Waals surface area (Å²) in [5, 5.41) is 35.5. The molecule has 3 fully saturated rings. The Morgan fingerprint density at radius 2 is 2.08 bits per heavy atom. The van der Waals surface area contributed by atoms with Gasteiger partial charge in [0.2, 0.25) is 0 Å². The van der Waals surface area contributed by atoms with Crippen LogP contribution >= 0.6 is 0 Å². The molecule has 9 heteroatoms. The highest BCUT2D eigenvalue weighted by atomic mass is 16.6. The molecule has 0 radical (unpaired) electrons. The fourth-order valence-electron chi connectivity index (χ4n) is 3.68. The number of ether oxygens (including phenoxy) is 1. The first-order valence-corrected chi connectivity index (χ1v) is 7.70. The first kappa shape index (κ1) is 14.8. The smallest absolute Gasteiger partial charge is 0.338 e. The number of carbonyl (C=O) groups excluding carboxylic acids is 1. The molecule has 3 heterocycles. The van der Waals surface area contributed by atoms with Crippen LogP contribution < -0.4 is 16.0 Å². The zero-order valence-corrected chi connectivity index (χ0v) is 12.7. The molecule has 1 aromatic rings. The number of nitrogens with one attached hydrogen (secondary N) is 5. The SMILES string of the molecule is N=C1NC2CNC(=N)N3C[C@H](OC(=O)c4ccccc4)[C@@H](O)[C@]23N1. The van der Waals surface area contributed by atoms with Crippen molar-refractivity contribution in [1.29, 1.82) is 10.8 Å². The average molecular weight is 330 g/mol. The monoisotopic (exact) mass is 330 g/mol. The number of aliphatic hydroxyl groups is 1. The van der Waals surface area contributed by atoms with Crippen LogP contribution in [0.3, 0.4) is 0 Å². The number of nitrogens with zero attached hydrogens (tertiary/aromatic N) is 1. The predicted molar refractivity (Wildman–Crippen MR) is 84.6 cm³/mol. The van der Waals surface area contributed by atoms with E-state index < -0.39 is 23.8 Å². The van der Waals surface area contributed by atoms with Crippen LogP contribution in [0.1, 0.15) is 10.4 Å². The largest absolute Gasteiger partial charge is 0.454 e. The molecule has 3 aliphatic heterocycles. The van der Waals surface area contributed by atoms with Crippen molar-refractivity contribution in [2.24, 2.45) is 0 Å². The second kappa shape index (κ2) is 5.10. The number of carbonyl (C=O) groups is 1. The van der Waals surface area contributed by atoms with Crippen molar-refractivity contribution in [3.05, 3.63) is 35.9 Å². The molecule has 1 aromatic carbocycles. The van der Waals surface area contributed by atoms with E-state index in [4.69, 9.17) is 15.6 Å². The minimum absolute atomic E-state index is 0.0792. The predicted octanol–water partition coefficient (Wildman–Crippen LogP) is -1.38. The third-order valence-corrected chi connectivity index (χ3v) is 4.80. The van der Waals surface area contributed by atoms with Crippen LogP contribution in [0.15, 0.2) is 30.3 Å². The van der Waals surface area contributed by atoms with Gasteiger partial charge in [-0.25, -0.2) is 4.79 Å². The molecule has 126 valence electrons. The molecule has 0 bridgehead atoms. The highest BCUT2D eigenvalue weighted by Gasteiger charge is 2.65. The second-order valence-corrected chi connectivity index (χ2v) is 6.12. The molecule has 4 rings (SSSR count). The first-order chi connectivity index (χ1) is 11.5. The maximum absolute atomic E-state index is 12.3. The summed E-state index contributed by atoms with van der Waals surface area (Å²) in [6.07, 6.45) is -1.88. The third kappa shape index (κ3) is 1.94. The number of guanidine groups is 2. The van der Waals surface area contributed by atoms with Crippen molar-refractivity contribution in [3.63, 3.8) is 0 Å². The number of hydrogen-bond acceptors (Lipinski definition) is 5. The zero-order chi connectivity index (χ0) is 16.9. The summed E-state index contributed by atoms with van der Waals surface area (Å²) in [7, 11) is 0. The number of aliphatic hydroxyl groups excluding tert-OH is 1. The van der Waals surface area contributed by atoms with E-state index in [2.05, 4.69) is 16.0 Å². The molecule has 3 saturated heterocycles. The van der Waals surface area contributed by atoms with Gasteiger partial charge in [-0.3, -0.25) is 10.8 Å². The van der Waals surface area contributed by atoms with Gasteiger partial charge in [-0.1, -0.05) is 18.2 Å². The lowest BCUT2D eigenvalue weighted by molar-refractivity contribution is -0.0328. The Balaban J connectivity index is 1.60. The minimum atomic E-state index is -1.08. The van der Waals surface area contributed by atoms with Gasteiger partial charge in [0.1, 0.15) is 12.2 Å². The van der Waals surface area contributed by atoms with Gasteiger partial charge in [0.25, 0.3) is 0 Å². The average Bonchev–Trinajstić information content (AvgIpc) is 3.06. The Morgan fingerprint density at radius 1 is 1.33 bits per heavy atom. The van der Waals surface area contributed by atoms with E-state index in [0.717, 1.165) is 0 Å². The minimum Gasteiger partial charge on any atom is -0.454 e. The van der Waals surface area contributed by atoms with Crippen LogP contribution in [0.2, 0.25) is 0 Å². The zero-order valence-electron chi connectivity index (χ0n) is 12.7. The van der Waals surface area contributed by atoms with Crippen molar-refractivity contribution in [2.45, 2.75) is 23.9 Å². The molecule has 0 saturated carbocycles. The van der Waals surface area contributed by atoms with Crippen LogP contribution in [0, 0.1) is 10.8 Å². The number of rotatable bonds is 2. The van der Waals surface area contributed by atoms with E-state index in [9.17, 15) is 9.90 Å². The maximum atomic E-state index is 12.3. The van der Waals surface area contributed by atoms with Gasteiger partial charge in [-0.15, -0.1) is 0 Å². The van der Waals surface area contributed by atoms with Gasteiger partial charge in [-0.2, -0.15) is 0 Å². The first-order valence-electron chi connectivity index (χ1n) is 7.70. The van der Waals surface area contributed by atoms with Crippen molar-refractivity contribution in [3.8, 4) is 0 Å². The second-order valence-electron chi connectivity index (χ2n) is 6.12. The summed E-state index contributed by atoms with van der Waals surface area (Å²) in [5.41, 5.74) is -0.650. The molecule has 24 heavy (non-hydrogen) atoms. The quantitative estimate of drug-likeness (QED) is 0.368. The lowest BCUT2D eigenvalue weighted by atomic mass is 9.93. The molecular formula is C15H18N6O3. The lowest BCUT2D eigenvalue weighted by Crippen LogP contribution is -2.73. The summed E-state index contributed by atoms with van der Waals surface area (Å²) in [4.78, 5) is 13.9. The van der Waals surface area contributed by atoms with Crippen LogP contribution in [0.4, 0.5) is 0 Å². The molecular weight excluding hydrogens is 312 g/mol. The van der Waals surface area contributed by atoms with Gasteiger partial charge in [-0.05, 0) is 12.1 Å². The van der Waals surface area contributed by atoms with E-state index in [1.54, 1.807) is 35.2 Å². The molecule has 4 atom stereocenters. The van der Waals surface area contributed by atoms with E-state index in [0.29, 0.717) is 12.1 Å². The van der Waals surface area contributed by atoms with Crippen molar-refractivity contribution < 1.29 is 14.6 Å². The lowest BCUT2D eigenvalue weighted by Gasteiger charge is -2.45. The van der Waals surface area contributed by atoms with E-state index in [1.165, 1.54) is 0 Å². The van der Waals surface area contributed by atoms with Crippen LogP contribution in [-0.2, 0) is 4.74 Å². The fourth-order valence-corrected chi connectivity index (χ4v) is 3.68. The van der Waals surface area contributed by atoms with Gasteiger partial charge < -0.3 is 30.7 Å². The van der Waals surface area contributed by atoms with E-state index in [1.807, 2.05) is 0 Å². The van der Waals surface area contributed by atoms with Crippen molar-refractivity contribution >= 4 is 17.9 Å². The summed E-state index contributed by atoms with van der Waals surface area (Å²) >= 11 is 0. The summed E-state index contributed by atoms with van der Waals surface area (Å²) in [5.74, 6) is -0.309. The Kier molecular flexibility index (Phi) is 3.14. The molecule has 0 aromatic heterocycles. The van der Waals surface area contributed by atoms with Crippen molar-refractivity contribution in [2.75, 3.05) is 13.1 Å². The Hall–Kier alpha value is -2.81. The third-order valence-electron chi connectivity index (χ3n) is 4.80. The number of hydrogen-bond donors (Lipinski definition) is 6. The highest BCUT2D eigenvalue weighted by molar-refractivity contribution is 5.90. The van der Waals surface area contributed by atoms with E-state index in [-0.39, 0.29) is 24.5 Å². The van der Waals surface area contributed by atoms with Gasteiger partial charge >= 0.3 is 5.97 Å². The van der Waals surface area contributed by atoms with Crippen LogP contribution in [0.5, 0.6) is 0 Å². The highest BCUT2D eigenvalue weighted by Crippen LogP contribution is 2.36. The standard InChI is InChI=1S/C15H18N6O3/c16-13-19-10-6-18-14(17)21-7-9(11(22)15(10,21)20-13)24-12(23)8-4-2-1-3-5-8/h1-5,9-11,22H,6-7H2,(H2,17,18)(H3,16,19,20)/t9-,10?,11+,15-/m0/s1. The molecule has 3 aliphatic rings. The van der Waals surface area contributed by atoms with Gasteiger partial charge in [0, 0.05) is 6.54 Å². The summed E-state index contributed by atoms with van der Waals surface area (Å²) in [6.45, 7) is 0.561. The molecule has 1 unspecified atom stereocenters. The topological polar surface area (TPSA) is 134 Å². The molecule has 9 nitrogen and oxygen atoms in total. The normalized spacial score (nSPS) is 33.9. The van der Waals surface area contributed by atoms with Gasteiger partial charge in [0.15, 0.2) is 17.6 Å². The summed E-state index contributed by atoms with van der Waals surface area (Å²) < 4.78 is 5.49. The Labute approximate surface area is 138 Å². The maximum Gasteiger partial charge on any atom is 0.338 e. The van der Waals surface area contributed by atoms with Crippen LogP contribution in [-0.4, -0.2) is 64.9 Å². The van der Waals surface area contributed by atoms with Crippen LogP contribution in [0.25, 0.3) is 0 Å². The summed E-state index contributed by atoms with van der Waals surface area (Å²) in [6, 6.07) is 8.26. The molecule has 0 aliphatic carbocycles. The fraction of sp³-hybridized carbons (Fsp3) is 0.400. The Bertz CT molecular complexity index is 710. The van der Waals surface area contributed by atoms with Crippen molar-refractivity contribution in [1.82, 2.24) is 20.9 Å². The number of benzene rings is 1. The molecule has 6 N–H and O–H groups in total.